The number of Topliss-reactive ketones (excluding diaryl/α,β-unsaturated/α-hetero) is 1. The molecule has 1 saturated carbocycles. The van der Waals surface area contributed by atoms with E-state index in [-0.39, 0.29) is 35.4 Å². The molecule has 2 amide bonds. The Bertz CT molecular complexity index is 1690. The van der Waals surface area contributed by atoms with Crippen molar-refractivity contribution in [3.63, 3.8) is 0 Å². The Kier molecular flexibility index (Phi) is 12.6. The zero-order valence-electron chi connectivity index (χ0n) is 28.5. The number of hydrogen-bond acceptors (Lipinski definition) is 8. The maximum absolute atomic E-state index is 14.4. The number of ketones is 1. The van der Waals surface area contributed by atoms with E-state index in [2.05, 4.69) is 41.4 Å². The molecule has 0 radical (unpaired) electrons. The van der Waals surface area contributed by atoms with Crippen LogP contribution in [-0.4, -0.2) is 64.1 Å². The van der Waals surface area contributed by atoms with Gasteiger partial charge in [0.2, 0.25) is 11.7 Å². The number of anilines is 1. The molecule has 0 unspecified atom stereocenters. The van der Waals surface area contributed by atoms with Crippen LogP contribution >= 0.6 is 15.9 Å². The van der Waals surface area contributed by atoms with Crippen molar-refractivity contribution in [2.75, 3.05) is 19.0 Å². The fourth-order valence-electron chi connectivity index (χ4n) is 5.69. The SMILES string of the molecule is COC(=O)C(F)(F)C(F)(F)c1nc(-c2ccc(NC(=O)[C@@H](CC(=O)C3CCC(CNC(=O)OC(C)(C)C)CC3)Cc3ccc(Br)cc3)cc2)n[nH]1. The monoisotopic (exact) mass is 781 g/mol. The third kappa shape index (κ3) is 10.4. The highest BCUT2D eigenvalue weighted by molar-refractivity contribution is 9.10. The lowest BCUT2D eigenvalue weighted by Gasteiger charge is -2.29. The molecule has 16 heteroatoms. The molecule has 3 aromatic rings. The molecule has 3 N–H and O–H groups in total. The minimum Gasteiger partial charge on any atom is -0.464 e. The van der Waals surface area contributed by atoms with Gasteiger partial charge in [0.05, 0.1) is 7.11 Å². The first-order valence-electron chi connectivity index (χ1n) is 16.3. The van der Waals surface area contributed by atoms with Crippen LogP contribution in [0.25, 0.3) is 11.4 Å². The average molecular weight is 783 g/mol. The summed E-state index contributed by atoms with van der Waals surface area (Å²) in [5.74, 6) is -15.7. The van der Waals surface area contributed by atoms with E-state index in [9.17, 15) is 36.7 Å². The van der Waals surface area contributed by atoms with Crippen molar-refractivity contribution in [2.24, 2.45) is 17.8 Å². The molecule has 0 saturated heterocycles. The number of carbonyl (C=O) groups is 4. The lowest BCUT2D eigenvalue weighted by molar-refractivity contribution is -0.233. The smallest absolute Gasteiger partial charge is 0.412 e. The standard InChI is InChI=1S/C35H40BrF4N5O6/c1-33(2,3)51-32(49)41-19-21-5-9-22(10-6-21)27(46)18-24(17-20-7-13-25(36)14-8-20)29(47)42-26-15-11-23(12-16-26)28-43-30(45-44-28)34(37,38)35(39,40)31(48)50-4/h7-8,11-16,21-22,24H,5-6,9-10,17-19H2,1-4H3,(H,41,49)(H,42,47)(H,43,44,45)/t21?,22?,24-/m1/s1. The molecule has 1 aliphatic rings. The predicted octanol–water partition coefficient (Wildman–Crippen LogP) is 7.22. The molecular formula is C35H40BrF4N5O6. The van der Waals surface area contributed by atoms with Gasteiger partial charge in [0.15, 0.2) is 5.82 Å². The fourth-order valence-corrected chi connectivity index (χ4v) is 5.95. The van der Waals surface area contributed by atoms with Gasteiger partial charge in [-0.1, -0.05) is 28.1 Å². The van der Waals surface area contributed by atoms with Gasteiger partial charge in [-0.05, 0) is 101 Å². The lowest BCUT2D eigenvalue weighted by atomic mass is 9.77. The van der Waals surface area contributed by atoms with Gasteiger partial charge in [-0.15, -0.1) is 0 Å². The van der Waals surface area contributed by atoms with Gasteiger partial charge >= 0.3 is 23.9 Å². The highest BCUT2D eigenvalue weighted by Gasteiger charge is 2.66. The summed E-state index contributed by atoms with van der Waals surface area (Å²) in [4.78, 5) is 53.9. The molecule has 2 aromatic carbocycles. The number of H-pyrrole nitrogens is 1. The van der Waals surface area contributed by atoms with E-state index < -0.39 is 47.2 Å². The molecule has 1 aromatic heterocycles. The van der Waals surface area contributed by atoms with E-state index in [1.54, 1.807) is 25.9 Å². The summed E-state index contributed by atoms with van der Waals surface area (Å²) in [6.45, 7) is 5.83. The van der Waals surface area contributed by atoms with Crippen LogP contribution in [-0.2, 0) is 36.2 Å². The molecule has 11 nitrogen and oxygen atoms in total. The number of methoxy groups -OCH3 is 1. The summed E-state index contributed by atoms with van der Waals surface area (Å²) >= 11 is 3.40. The second kappa shape index (κ2) is 16.3. The van der Waals surface area contributed by atoms with Gasteiger partial charge in [0.25, 0.3) is 0 Å². The number of nitrogens with one attached hydrogen (secondary N) is 3. The predicted molar refractivity (Wildman–Crippen MR) is 182 cm³/mol. The molecule has 1 atom stereocenters. The van der Waals surface area contributed by atoms with Crippen molar-refractivity contribution in [3.05, 3.63) is 64.4 Å². The second-order valence-corrected chi connectivity index (χ2v) is 14.4. The number of aromatic nitrogens is 3. The number of aromatic amines is 1. The molecule has 0 aliphatic heterocycles. The first-order valence-corrected chi connectivity index (χ1v) is 17.1. The molecule has 0 bridgehead atoms. The first kappa shape index (κ1) is 39.4. The molecule has 0 spiro atoms. The quantitative estimate of drug-likeness (QED) is 0.121. The Labute approximate surface area is 300 Å². The van der Waals surface area contributed by atoms with Crippen LogP contribution in [0.1, 0.15) is 64.3 Å². The number of esters is 1. The third-order valence-electron chi connectivity index (χ3n) is 8.48. The molecule has 276 valence electrons. The van der Waals surface area contributed by atoms with E-state index in [0.717, 1.165) is 22.9 Å². The summed E-state index contributed by atoms with van der Waals surface area (Å²) in [6, 6.07) is 13.1. The van der Waals surface area contributed by atoms with Crippen LogP contribution in [0.5, 0.6) is 0 Å². The average Bonchev–Trinajstić information content (AvgIpc) is 3.59. The largest absolute Gasteiger partial charge is 0.464 e. The third-order valence-corrected chi connectivity index (χ3v) is 9.01. The summed E-state index contributed by atoms with van der Waals surface area (Å²) in [5.41, 5.74) is 0.744. The van der Waals surface area contributed by atoms with Gasteiger partial charge in [0.1, 0.15) is 11.4 Å². The molecular weight excluding hydrogens is 742 g/mol. The van der Waals surface area contributed by atoms with Crippen LogP contribution in [0.15, 0.2) is 53.0 Å². The van der Waals surface area contributed by atoms with Crippen molar-refractivity contribution in [1.29, 1.82) is 0 Å². The first-order chi connectivity index (χ1) is 23.9. The summed E-state index contributed by atoms with van der Waals surface area (Å²) in [5, 5.41) is 10.9. The Hall–Kier alpha value is -4.34. The van der Waals surface area contributed by atoms with Crippen LogP contribution < -0.4 is 10.6 Å². The number of nitrogens with zero attached hydrogens (tertiary/aromatic N) is 2. The van der Waals surface area contributed by atoms with Crippen molar-refractivity contribution >= 4 is 45.4 Å². The molecule has 4 rings (SSSR count). The number of benzene rings is 2. The number of alkyl halides is 4. The van der Waals surface area contributed by atoms with Crippen molar-refractivity contribution in [2.45, 2.75) is 76.7 Å². The zero-order chi connectivity index (χ0) is 37.6. The van der Waals surface area contributed by atoms with Gasteiger partial charge in [-0.3, -0.25) is 14.7 Å². The molecule has 1 fully saturated rings. The van der Waals surface area contributed by atoms with E-state index in [1.165, 1.54) is 24.3 Å². The number of carbonyl (C=O) groups excluding carboxylic acids is 4. The maximum atomic E-state index is 14.4. The number of ether oxygens (including phenoxy) is 2. The number of hydrogen-bond donors (Lipinski definition) is 3. The van der Waals surface area contributed by atoms with Crippen molar-refractivity contribution in [3.8, 4) is 11.4 Å². The van der Waals surface area contributed by atoms with Crippen LogP contribution in [0, 0.1) is 17.8 Å². The molecule has 1 aliphatic carbocycles. The zero-order valence-corrected chi connectivity index (χ0v) is 30.1. The van der Waals surface area contributed by atoms with Crippen LogP contribution in [0.3, 0.4) is 0 Å². The van der Waals surface area contributed by atoms with Crippen LogP contribution in [0.4, 0.5) is 28.0 Å². The molecule has 51 heavy (non-hydrogen) atoms. The highest BCUT2D eigenvalue weighted by Crippen LogP contribution is 2.42. The van der Waals surface area contributed by atoms with E-state index in [0.29, 0.717) is 38.6 Å². The number of halogens is 5. The summed E-state index contributed by atoms with van der Waals surface area (Å²) in [7, 11) is 0.557. The normalized spacial score (nSPS) is 17.3. The van der Waals surface area contributed by atoms with Crippen molar-refractivity contribution < 1.29 is 46.2 Å². The molecule has 1 heterocycles. The second-order valence-electron chi connectivity index (χ2n) is 13.5. The number of alkyl carbamates (subject to hydrolysis) is 1. The van der Waals surface area contributed by atoms with E-state index in [1.807, 2.05) is 24.3 Å². The van der Waals surface area contributed by atoms with Gasteiger partial charge < -0.3 is 20.1 Å². The van der Waals surface area contributed by atoms with Gasteiger partial charge in [-0.2, -0.15) is 22.7 Å². The van der Waals surface area contributed by atoms with E-state index >= 15 is 0 Å². The minimum atomic E-state index is -5.19. The number of rotatable bonds is 13. The van der Waals surface area contributed by atoms with Crippen LogP contribution in [0.2, 0.25) is 0 Å². The highest BCUT2D eigenvalue weighted by atomic mass is 79.9. The Morgan fingerprint density at radius 2 is 1.59 bits per heavy atom. The lowest BCUT2D eigenvalue weighted by Crippen LogP contribution is -2.46. The summed E-state index contributed by atoms with van der Waals surface area (Å²) in [6.07, 6.45) is 2.61. The van der Waals surface area contributed by atoms with E-state index in [4.69, 9.17) is 4.74 Å². The number of amides is 2. The Morgan fingerprint density at radius 1 is 0.961 bits per heavy atom. The minimum absolute atomic E-state index is 0.00978. The topological polar surface area (TPSA) is 152 Å². The Balaban J connectivity index is 1.40. The van der Waals surface area contributed by atoms with Crippen molar-refractivity contribution in [1.82, 2.24) is 20.5 Å². The summed E-state index contributed by atoms with van der Waals surface area (Å²) < 4.78 is 66.8. The van der Waals surface area contributed by atoms with Gasteiger partial charge in [0, 0.05) is 40.5 Å². The maximum Gasteiger partial charge on any atom is 0.412 e. The Morgan fingerprint density at radius 3 is 2.18 bits per heavy atom. The van der Waals surface area contributed by atoms with Gasteiger partial charge in [-0.25, -0.2) is 14.6 Å². The fraction of sp³-hybridized carbons (Fsp3) is 0.486.